The molecule has 0 aliphatic heterocycles. The topological polar surface area (TPSA) is 24.9 Å². The third-order valence-electron chi connectivity index (χ3n) is 4.71. The Morgan fingerprint density at radius 3 is 2.65 bits per heavy atom. The molecule has 2 rings (SSSR count). The number of rotatable bonds is 4. The monoisotopic (exact) mass is 294 g/mol. The van der Waals surface area contributed by atoms with Crippen LogP contribution < -0.4 is 5.32 Å². The second-order valence-corrected chi connectivity index (χ2v) is 8.00. The molecule has 0 amide bonds. The van der Waals surface area contributed by atoms with Crippen LogP contribution in [-0.4, -0.2) is 11.5 Å². The number of hydrogen-bond acceptors (Lipinski definition) is 3. The minimum absolute atomic E-state index is 0.135. The van der Waals surface area contributed by atoms with E-state index in [-0.39, 0.29) is 11.0 Å². The predicted octanol–water partition coefficient (Wildman–Crippen LogP) is 4.85. The molecule has 1 aromatic heterocycles. The molecule has 1 heterocycles. The molecule has 2 atom stereocenters. The highest BCUT2D eigenvalue weighted by atomic mass is 32.1. The summed E-state index contributed by atoms with van der Waals surface area (Å²) in [4.78, 5) is 5.05. The molecule has 0 bridgehead atoms. The van der Waals surface area contributed by atoms with Gasteiger partial charge in [0.2, 0.25) is 0 Å². The van der Waals surface area contributed by atoms with Crippen LogP contribution in [0.25, 0.3) is 0 Å². The molecule has 3 heteroatoms. The first-order valence-electron chi connectivity index (χ1n) is 8.15. The van der Waals surface area contributed by atoms with Gasteiger partial charge in [-0.25, -0.2) is 4.98 Å². The second-order valence-electron chi connectivity index (χ2n) is 7.14. The third kappa shape index (κ3) is 2.94. The van der Waals surface area contributed by atoms with E-state index in [1.165, 1.54) is 42.8 Å². The van der Waals surface area contributed by atoms with Crippen LogP contribution in [-0.2, 0) is 11.0 Å². The summed E-state index contributed by atoms with van der Waals surface area (Å²) in [5.41, 5.74) is 1.53. The maximum atomic E-state index is 5.05. The van der Waals surface area contributed by atoms with Gasteiger partial charge in [0.1, 0.15) is 5.01 Å². The molecular weight excluding hydrogens is 264 g/mol. The van der Waals surface area contributed by atoms with E-state index in [0.717, 1.165) is 12.5 Å². The lowest BCUT2D eigenvalue weighted by Crippen LogP contribution is -2.50. The van der Waals surface area contributed by atoms with Gasteiger partial charge in [0.05, 0.1) is 11.2 Å². The summed E-state index contributed by atoms with van der Waals surface area (Å²) in [6, 6.07) is 0. The standard InChI is InChI=1S/C17H30N2S/c1-6-13-10-8-9-11-17(13,18-7-2)15-19-14(12-20-15)16(3,4)5/h12-13,18H,6-11H2,1-5H3. The molecule has 0 aromatic carbocycles. The molecule has 1 saturated carbocycles. The summed E-state index contributed by atoms with van der Waals surface area (Å²) in [5.74, 6) is 0.732. The summed E-state index contributed by atoms with van der Waals surface area (Å²) in [7, 11) is 0. The average molecular weight is 295 g/mol. The van der Waals surface area contributed by atoms with Crippen molar-refractivity contribution in [2.75, 3.05) is 6.54 Å². The van der Waals surface area contributed by atoms with Gasteiger partial charge in [0.15, 0.2) is 0 Å². The van der Waals surface area contributed by atoms with Crippen molar-refractivity contribution in [3.8, 4) is 0 Å². The smallest absolute Gasteiger partial charge is 0.113 e. The fourth-order valence-electron chi connectivity index (χ4n) is 3.53. The van der Waals surface area contributed by atoms with Gasteiger partial charge in [-0.2, -0.15) is 0 Å². The zero-order valence-electron chi connectivity index (χ0n) is 13.8. The lowest BCUT2D eigenvalue weighted by Gasteiger charge is -2.43. The largest absolute Gasteiger partial charge is 0.305 e. The van der Waals surface area contributed by atoms with Crippen molar-refractivity contribution in [1.82, 2.24) is 10.3 Å². The van der Waals surface area contributed by atoms with E-state index < -0.39 is 0 Å². The number of nitrogens with one attached hydrogen (secondary N) is 1. The average Bonchev–Trinajstić information content (AvgIpc) is 2.89. The molecule has 1 aromatic rings. The highest BCUT2D eigenvalue weighted by molar-refractivity contribution is 7.09. The highest BCUT2D eigenvalue weighted by Gasteiger charge is 2.43. The Labute approximate surface area is 128 Å². The molecule has 1 aliphatic rings. The second kappa shape index (κ2) is 6.15. The molecule has 0 radical (unpaired) electrons. The zero-order valence-corrected chi connectivity index (χ0v) is 14.6. The zero-order chi connectivity index (χ0) is 14.8. The lowest BCUT2D eigenvalue weighted by molar-refractivity contribution is 0.137. The van der Waals surface area contributed by atoms with Crippen molar-refractivity contribution in [3.05, 3.63) is 16.1 Å². The first-order chi connectivity index (χ1) is 9.44. The van der Waals surface area contributed by atoms with Crippen LogP contribution in [0.5, 0.6) is 0 Å². The summed E-state index contributed by atoms with van der Waals surface area (Å²) in [6.07, 6.45) is 6.54. The fourth-order valence-corrected chi connectivity index (χ4v) is 4.86. The minimum atomic E-state index is 0.135. The van der Waals surface area contributed by atoms with E-state index >= 15 is 0 Å². The van der Waals surface area contributed by atoms with Crippen LogP contribution in [0.1, 0.15) is 77.4 Å². The maximum Gasteiger partial charge on any atom is 0.113 e. The van der Waals surface area contributed by atoms with Crippen LogP contribution in [0.3, 0.4) is 0 Å². The molecule has 0 spiro atoms. The summed E-state index contributed by atoms with van der Waals surface area (Å²) >= 11 is 1.87. The van der Waals surface area contributed by atoms with Crippen LogP contribution in [0.2, 0.25) is 0 Å². The molecule has 20 heavy (non-hydrogen) atoms. The van der Waals surface area contributed by atoms with Gasteiger partial charge in [0.25, 0.3) is 0 Å². The minimum Gasteiger partial charge on any atom is -0.305 e. The van der Waals surface area contributed by atoms with E-state index in [4.69, 9.17) is 4.98 Å². The van der Waals surface area contributed by atoms with Crippen LogP contribution >= 0.6 is 11.3 Å². The Bertz CT molecular complexity index is 428. The van der Waals surface area contributed by atoms with Gasteiger partial charge in [0, 0.05) is 10.8 Å². The van der Waals surface area contributed by atoms with Crippen LogP contribution in [0.4, 0.5) is 0 Å². The molecule has 0 saturated heterocycles. The number of aromatic nitrogens is 1. The van der Waals surface area contributed by atoms with Gasteiger partial charge in [-0.05, 0) is 25.3 Å². The molecule has 1 N–H and O–H groups in total. The Morgan fingerprint density at radius 1 is 1.35 bits per heavy atom. The van der Waals surface area contributed by atoms with Crippen molar-refractivity contribution < 1.29 is 0 Å². The van der Waals surface area contributed by atoms with Crippen molar-refractivity contribution in [2.45, 2.75) is 77.7 Å². The van der Waals surface area contributed by atoms with Gasteiger partial charge in [-0.3, -0.25) is 0 Å². The summed E-state index contributed by atoms with van der Waals surface area (Å²) < 4.78 is 0. The van der Waals surface area contributed by atoms with Gasteiger partial charge in [-0.15, -0.1) is 11.3 Å². The van der Waals surface area contributed by atoms with E-state index in [0.29, 0.717) is 0 Å². The SMILES string of the molecule is CCNC1(c2nc(C(C)(C)C)cs2)CCCCC1CC. The predicted molar refractivity (Wildman–Crippen MR) is 88.4 cm³/mol. The molecule has 2 nitrogen and oxygen atoms in total. The van der Waals surface area contributed by atoms with E-state index in [9.17, 15) is 0 Å². The first kappa shape index (κ1) is 16.0. The third-order valence-corrected chi connectivity index (χ3v) is 5.73. The number of hydrogen-bond donors (Lipinski definition) is 1. The van der Waals surface area contributed by atoms with E-state index in [2.05, 4.69) is 45.3 Å². The maximum absolute atomic E-state index is 5.05. The normalized spacial score (nSPS) is 27.8. The Morgan fingerprint density at radius 2 is 2.10 bits per heavy atom. The van der Waals surface area contributed by atoms with Crippen molar-refractivity contribution in [3.63, 3.8) is 0 Å². The van der Waals surface area contributed by atoms with E-state index in [1.807, 2.05) is 11.3 Å². The molecule has 1 fully saturated rings. The summed E-state index contributed by atoms with van der Waals surface area (Å²) in [5, 5.41) is 7.43. The molecule has 2 unspecified atom stereocenters. The van der Waals surface area contributed by atoms with Gasteiger partial charge >= 0.3 is 0 Å². The van der Waals surface area contributed by atoms with E-state index in [1.54, 1.807) is 0 Å². The lowest BCUT2D eigenvalue weighted by atomic mass is 9.71. The Hall–Kier alpha value is -0.410. The number of nitrogens with zero attached hydrogens (tertiary/aromatic N) is 1. The van der Waals surface area contributed by atoms with Gasteiger partial charge in [-0.1, -0.05) is 53.9 Å². The van der Waals surface area contributed by atoms with Crippen molar-refractivity contribution in [1.29, 1.82) is 0 Å². The Kier molecular flexibility index (Phi) is 4.91. The van der Waals surface area contributed by atoms with Gasteiger partial charge < -0.3 is 5.32 Å². The fraction of sp³-hybridized carbons (Fsp3) is 0.824. The summed E-state index contributed by atoms with van der Waals surface area (Å²) in [6.45, 7) is 12.3. The number of thiazole rings is 1. The van der Waals surface area contributed by atoms with Crippen molar-refractivity contribution in [2.24, 2.45) is 5.92 Å². The van der Waals surface area contributed by atoms with Crippen LogP contribution in [0.15, 0.2) is 5.38 Å². The first-order valence-corrected chi connectivity index (χ1v) is 9.03. The van der Waals surface area contributed by atoms with Crippen molar-refractivity contribution >= 4 is 11.3 Å². The molecular formula is C17H30N2S. The molecule has 114 valence electrons. The quantitative estimate of drug-likeness (QED) is 0.859. The Balaban J connectivity index is 2.38. The highest BCUT2D eigenvalue weighted by Crippen LogP contribution is 2.45. The molecule has 1 aliphatic carbocycles. The van der Waals surface area contributed by atoms with Crippen LogP contribution in [0, 0.1) is 5.92 Å².